The number of carboxylic acid groups (broad SMARTS) is 1. The number of nitrogens with zero attached hydrogens (tertiary/aromatic N) is 1. The van der Waals surface area contributed by atoms with E-state index in [1.54, 1.807) is 16.2 Å². The number of carbonyl (C=O) groups excluding carboxylic acids is 1. The maximum absolute atomic E-state index is 12.3. The van der Waals surface area contributed by atoms with Crippen molar-refractivity contribution in [3.05, 3.63) is 34.5 Å². The standard InChI is InChI=1S/C14H18N2O3S/c1-3-4-11(13(17)18)15-14(19)16-7-5-12-10(9(16)2)6-8-20-12/h3,6,8-9,11H,1,4-5,7H2,2H3,(H,15,19)(H,17,18). The summed E-state index contributed by atoms with van der Waals surface area (Å²) >= 11 is 1.70. The van der Waals surface area contributed by atoms with Crippen molar-refractivity contribution in [1.82, 2.24) is 10.2 Å². The van der Waals surface area contributed by atoms with E-state index in [4.69, 9.17) is 5.11 Å². The number of fused-ring (bicyclic) bond motifs is 1. The number of carbonyl (C=O) groups is 2. The van der Waals surface area contributed by atoms with Crippen molar-refractivity contribution in [3.8, 4) is 0 Å². The van der Waals surface area contributed by atoms with E-state index in [-0.39, 0.29) is 18.5 Å². The Morgan fingerprint density at radius 1 is 1.70 bits per heavy atom. The molecule has 1 aliphatic heterocycles. The first-order valence-corrected chi connectivity index (χ1v) is 7.39. The van der Waals surface area contributed by atoms with Crippen molar-refractivity contribution in [2.45, 2.75) is 31.8 Å². The van der Waals surface area contributed by atoms with Gasteiger partial charge >= 0.3 is 12.0 Å². The van der Waals surface area contributed by atoms with Gasteiger partial charge in [0.1, 0.15) is 6.04 Å². The summed E-state index contributed by atoms with van der Waals surface area (Å²) in [7, 11) is 0. The zero-order chi connectivity index (χ0) is 14.7. The lowest BCUT2D eigenvalue weighted by molar-refractivity contribution is -0.139. The van der Waals surface area contributed by atoms with E-state index in [0.29, 0.717) is 6.54 Å². The van der Waals surface area contributed by atoms with Crippen LogP contribution in [0.15, 0.2) is 24.1 Å². The van der Waals surface area contributed by atoms with Crippen LogP contribution >= 0.6 is 11.3 Å². The average molecular weight is 294 g/mol. The first-order chi connectivity index (χ1) is 9.54. The average Bonchev–Trinajstić information content (AvgIpc) is 2.87. The topological polar surface area (TPSA) is 69.6 Å². The summed E-state index contributed by atoms with van der Waals surface area (Å²) in [5.41, 5.74) is 1.16. The first-order valence-electron chi connectivity index (χ1n) is 6.51. The number of aliphatic carboxylic acids is 1. The molecule has 0 saturated heterocycles. The molecule has 1 aromatic heterocycles. The van der Waals surface area contributed by atoms with Gasteiger partial charge in [-0.05, 0) is 36.8 Å². The molecule has 1 aliphatic rings. The molecule has 6 heteroatoms. The van der Waals surface area contributed by atoms with Gasteiger partial charge in [0.05, 0.1) is 6.04 Å². The highest BCUT2D eigenvalue weighted by Gasteiger charge is 2.30. The number of thiophene rings is 1. The predicted octanol–water partition coefficient (Wildman–Crippen LogP) is 2.41. The summed E-state index contributed by atoms with van der Waals surface area (Å²) in [6.45, 7) is 6.09. The highest BCUT2D eigenvalue weighted by atomic mass is 32.1. The molecule has 0 aromatic carbocycles. The van der Waals surface area contributed by atoms with Gasteiger partial charge in [0.25, 0.3) is 0 Å². The summed E-state index contributed by atoms with van der Waals surface area (Å²) in [5, 5.41) is 13.7. The third-order valence-electron chi connectivity index (χ3n) is 3.54. The minimum Gasteiger partial charge on any atom is -0.480 e. The number of hydrogen-bond donors (Lipinski definition) is 2. The normalized spacial score (nSPS) is 19.1. The van der Waals surface area contributed by atoms with Gasteiger partial charge in [-0.1, -0.05) is 6.08 Å². The van der Waals surface area contributed by atoms with E-state index in [1.807, 2.05) is 18.4 Å². The van der Waals surface area contributed by atoms with Gasteiger partial charge in [0.2, 0.25) is 0 Å². The molecule has 0 saturated carbocycles. The maximum atomic E-state index is 12.3. The van der Waals surface area contributed by atoms with Gasteiger partial charge < -0.3 is 15.3 Å². The van der Waals surface area contributed by atoms with Crippen LogP contribution in [0.4, 0.5) is 4.79 Å². The van der Waals surface area contributed by atoms with Crippen LogP contribution in [0.5, 0.6) is 0 Å². The number of hydrogen-bond acceptors (Lipinski definition) is 3. The number of amides is 2. The Morgan fingerprint density at radius 3 is 3.10 bits per heavy atom. The van der Waals surface area contributed by atoms with E-state index in [1.165, 1.54) is 11.0 Å². The molecule has 0 aliphatic carbocycles. The Kier molecular flexibility index (Phi) is 4.44. The van der Waals surface area contributed by atoms with Gasteiger partial charge in [0.15, 0.2) is 0 Å². The molecule has 2 unspecified atom stereocenters. The lowest BCUT2D eigenvalue weighted by Gasteiger charge is -2.34. The monoisotopic (exact) mass is 294 g/mol. The van der Waals surface area contributed by atoms with Gasteiger partial charge in [-0.25, -0.2) is 9.59 Å². The highest BCUT2D eigenvalue weighted by Crippen LogP contribution is 2.32. The van der Waals surface area contributed by atoms with Crippen LogP contribution in [0.1, 0.15) is 29.8 Å². The second-order valence-corrected chi connectivity index (χ2v) is 5.78. The van der Waals surface area contributed by atoms with E-state index in [2.05, 4.69) is 11.9 Å². The van der Waals surface area contributed by atoms with Crippen LogP contribution in [-0.2, 0) is 11.2 Å². The highest BCUT2D eigenvalue weighted by molar-refractivity contribution is 7.10. The second kappa shape index (κ2) is 6.09. The van der Waals surface area contributed by atoms with Crippen LogP contribution in [0.2, 0.25) is 0 Å². The van der Waals surface area contributed by atoms with Crippen LogP contribution in [-0.4, -0.2) is 34.6 Å². The molecule has 0 radical (unpaired) electrons. The van der Waals surface area contributed by atoms with Crippen LogP contribution < -0.4 is 5.32 Å². The molecule has 2 heterocycles. The molecular weight excluding hydrogens is 276 g/mol. The zero-order valence-electron chi connectivity index (χ0n) is 11.3. The Hall–Kier alpha value is -1.82. The van der Waals surface area contributed by atoms with Crippen molar-refractivity contribution < 1.29 is 14.7 Å². The van der Waals surface area contributed by atoms with Crippen LogP contribution in [0.25, 0.3) is 0 Å². The Balaban J connectivity index is 2.06. The third kappa shape index (κ3) is 2.85. The molecule has 0 bridgehead atoms. The van der Waals surface area contributed by atoms with E-state index in [0.717, 1.165) is 12.0 Å². The van der Waals surface area contributed by atoms with Gasteiger partial charge in [-0.3, -0.25) is 0 Å². The molecule has 0 fully saturated rings. The summed E-state index contributed by atoms with van der Waals surface area (Å²) < 4.78 is 0. The number of carboxylic acids is 1. The fraction of sp³-hybridized carbons (Fsp3) is 0.429. The predicted molar refractivity (Wildman–Crippen MR) is 77.9 cm³/mol. The molecule has 2 amide bonds. The first kappa shape index (κ1) is 14.6. The smallest absolute Gasteiger partial charge is 0.326 e. The number of urea groups is 1. The third-order valence-corrected chi connectivity index (χ3v) is 4.53. The summed E-state index contributed by atoms with van der Waals surface area (Å²) in [4.78, 5) is 26.3. The number of nitrogens with one attached hydrogen (secondary N) is 1. The second-order valence-electron chi connectivity index (χ2n) is 4.78. The van der Waals surface area contributed by atoms with Crippen molar-refractivity contribution in [1.29, 1.82) is 0 Å². The fourth-order valence-electron chi connectivity index (χ4n) is 2.41. The van der Waals surface area contributed by atoms with E-state index < -0.39 is 12.0 Å². The SMILES string of the molecule is C=CCC(NC(=O)N1CCc2sccc2C1C)C(=O)O. The van der Waals surface area contributed by atoms with Crippen molar-refractivity contribution in [2.75, 3.05) is 6.54 Å². The molecule has 1 aromatic rings. The van der Waals surface area contributed by atoms with Crippen molar-refractivity contribution in [2.24, 2.45) is 0 Å². The molecule has 5 nitrogen and oxygen atoms in total. The molecule has 2 rings (SSSR count). The van der Waals surface area contributed by atoms with Crippen molar-refractivity contribution >= 4 is 23.3 Å². The molecule has 2 atom stereocenters. The minimum atomic E-state index is -1.04. The quantitative estimate of drug-likeness (QED) is 0.838. The summed E-state index contributed by atoms with van der Waals surface area (Å²) in [6, 6.07) is 0.755. The van der Waals surface area contributed by atoms with Gasteiger partial charge in [-0.15, -0.1) is 17.9 Å². The molecule has 108 valence electrons. The summed E-state index contributed by atoms with van der Waals surface area (Å²) in [5.74, 6) is -1.04. The lowest BCUT2D eigenvalue weighted by atomic mass is 10.0. The lowest BCUT2D eigenvalue weighted by Crippen LogP contribution is -2.50. The molecule has 20 heavy (non-hydrogen) atoms. The van der Waals surface area contributed by atoms with Crippen molar-refractivity contribution in [3.63, 3.8) is 0 Å². The Bertz CT molecular complexity index is 526. The summed E-state index contributed by atoms with van der Waals surface area (Å²) in [6.07, 6.45) is 2.53. The van der Waals surface area contributed by atoms with Crippen LogP contribution in [0.3, 0.4) is 0 Å². The van der Waals surface area contributed by atoms with E-state index in [9.17, 15) is 9.59 Å². The Labute approximate surface area is 121 Å². The molecule has 2 N–H and O–H groups in total. The fourth-order valence-corrected chi connectivity index (χ4v) is 3.37. The zero-order valence-corrected chi connectivity index (χ0v) is 12.2. The van der Waals surface area contributed by atoms with Crippen LogP contribution in [0, 0.1) is 0 Å². The minimum absolute atomic E-state index is 0.0248. The van der Waals surface area contributed by atoms with Gasteiger partial charge in [0, 0.05) is 11.4 Å². The van der Waals surface area contributed by atoms with Gasteiger partial charge in [-0.2, -0.15) is 0 Å². The molecular formula is C14H18N2O3S. The maximum Gasteiger partial charge on any atom is 0.326 e. The number of rotatable bonds is 4. The Morgan fingerprint density at radius 2 is 2.45 bits per heavy atom. The largest absolute Gasteiger partial charge is 0.480 e. The van der Waals surface area contributed by atoms with E-state index >= 15 is 0 Å². The molecule has 0 spiro atoms.